The zero-order chi connectivity index (χ0) is 19.1. The molecule has 0 aliphatic rings. The van der Waals surface area contributed by atoms with Crippen LogP contribution in [0, 0.1) is 6.85 Å². The fraction of sp³-hybridized carbons (Fsp3) is 0.0714. The molecule has 0 aliphatic carbocycles. The molecule has 0 bridgehead atoms. The Balaban J connectivity index is 2.27. The number of rotatable bonds is 3. The zero-order valence-corrected chi connectivity index (χ0v) is 12.4. The van der Waals surface area contributed by atoms with Crippen molar-refractivity contribution in [2.75, 3.05) is 5.73 Å². The molecule has 3 rings (SSSR count). The molecule has 3 aromatic rings. The molecule has 4 N–H and O–H groups in total. The Labute approximate surface area is 136 Å². The molecule has 1 aromatic carbocycles. The average molecular weight is 334 g/mol. The van der Waals surface area contributed by atoms with Crippen LogP contribution >= 0.6 is 0 Å². The van der Waals surface area contributed by atoms with E-state index in [2.05, 4.69) is 15.0 Å². The second kappa shape index (κ2) is 5.45. The SMILES string of the molecule is [2H]C([2H])([2H])c1ccc(S(N)(=O)=O)cc1-c1cnc(N)c(-c2cnco2)n1. The number of primary sulfonamides is 1. The average Bonchev–Trinajstić information content (AvgIpc) is 3.07. The summed E-state index contributed by atoms with van der Waals surface area (Å²) in [4.78, 5) is 11.8. The lowest BCUT2D eigenvalue weighted by Crippen LogP contribution is -2.12. The first kappa shape index (κ1) is 11.7. The molecule has 2 heterocycles. The van der Waals surface area contributed by atoms with Gasteiger partial charge in [-0.15, -0.1) is 0 Å². The van der Waals surface area contributed by atoms with Crippen molar-refractivity contribution in [2.24, 2.45) is 5.14 Å². The van der Waals surface area contributed by atoms with Crippen molar-refractivity contribution in [1.82, 2.24) is 15.0 Å². The van der Waals surface area contributed by atoms with E-state index in [1.54, 1.807) is 0 Å². The Morgan fingerprint density at radius 3 is 2.78 bits per heavy atom. The van der Waals surface area contributed by atoms with Gasteiger partial charge in [-0.3, -0.25) is 0 Å². The largest absolute Gasteiger partial charge is 0.442 e. The monoisotopic (exact) mass is 334 g/mol. The molecule has 0 radical (unpaired) electrons. The predicted molar refractivity (Wildman–Crippen MR) is 83.5 cm³/mol. The molecule has 0 atom stereocenters. The Kier molecular flexibility index (Phi) is 2.78. The lowest BCUT2D eigenvalue weighted by molar-refractivity contribution is 0.570. The number of hydrogen-bond donors (Lipinski definition) is 2. The third kappa shape index (κ3) is 2.91. The Hall–Kier alpha value is -2.78. The third-order valence-corrected chi connectivity index (χ3v) is 3.97. The van der Waals surface area contributed by atoms with E-state index in [0.29, 0.717) is 0 Å². The van der Waals surface area contributed by atoms with Crippen molar-refractivity contribution < 1.29 is 16.9 Å². The standard InChI is InChI=1S/C14H13N5O3S/c1-8-2-3-9(23(16,20)21)4-10(8)11-5-18-14(15)13(19-11)12-6-17-7-22-12/h2-7H,1H3,(H2,15,18)(H2,16,20,21)/i1D3. The fourth-order valence-electron chi connectivity index (χ4n) is 1.95. The van der Waals surface area contributed by atoms with Crippen LogP contribution < -0.4 is 10.9 Å². The maximum absolute atomic E-state index is 11.6. The highest BCUT2D eigenvalue weighted by atomic mass is 32.2. The third-order valence-electron chi connectivity index (χ3n) is 3.06. The van der Waals surface area contributed by atoms with Gasteiger partial charge in [0.05, 0.1) is 23.0 Å². The summed E-state index contributed by atoms with van der Waals surface area (Å²) < 4.78 is 51.5. The summed E-state index contributed by atoms with van der Waals surface area (Å²) in [6.07, 6.45) is 3.79. The fourth-order valence-corrected chi connectivity index (χ4v) is 2.49. The van der Waals surface area contributed by atoms with Crippen LogP contribution in [0.15, 0.2) is 46.3 Å². The van der Waals surface area contributed by atoms with Gasteiger partial charge >= 0.3 is 0 Å². The Morgan fingerprint density at radius 1 is 1.30 bits per heavy atom. The lowest BCUT2D eigenvalue weighted by Gasteiger charge is -2.09. The van der Waals surface area contributed by atoms with Gasteiger partial charge in [-0.05, 0) is 24.5 Å². The molecule has 0 amide bonds. The first-order chi connectivity index (χ1) is 12.1. The van der Waals surface area contributed by atoms with Crippen molar-refractivity contribution in [1.29, 1.82) is 0 Å². The number of aromatic nitrogens is 3. The topological polar surface area (TPSA) is 138 Å². The number of sulfonamides is 1. The quantitative estimate of drug-likeness (QED) is 0.736. The van der Waals surface area contributed by atoms with E-state index in [1.165, 1.54) is 24.9 Å². The van der Waals surface area contributed by atoms with Crippen molar-refractivity contribution in [2.45, 2.75) is 11.7 Å². The van der Waals surface area contributed by atoms with Crippen LogP contribution in [0.1, 0.15) is 9.68 Å². The number of hydrogen-bond acceptors (Lipinski definition) is 7. The van der Waals surface area contributed by atoms with Gasteiger partial charge in [0.2, 0.25) is 10.0 Å². The van der Waals surface area contributed by atoms with Crippen LogP contribution in [0.25, 0.3) is 22.7 Å². The second-order valence-electron chi connectivity index (χ2n) is 4.61. The maximum atomic E-state index is 11.6. The Morgan fingerprint density at radius 2 is 2.13 bits per heavy atom. The van der Waals surface area contributed by atoms with Crippen molar-refractivity contribution >= 4 is 15.8 Å². The summed E-state index contributed by atoms with van der Waals surface area (Å²) in [5.41, 5.74) is 5.99. The molecule has 23 heavy (non-hydrogen) atoms. The normalized spacial score (nSPS) is 14.0. The van der Waals surface area contributed by atoms with E-state index in [0.717, 1.165) is 12.1 Å². The van der Waals surface area contributed by atoms with Crippen molar-refractivity contribution in [3.8, 4) is 22.7 Å². The number of oxazole rings is 1. The molecule has 0 saturated carbocycles. The van der Waals surface area contributed by atoms with Gasteiger partial charge in [0.1, 0.15) is 0 Å². The van der Waals surface area contributed by atoms with Crippen LogP contribution in [0.4, 0.5) is 5.82 Å². The summed E-state index contributed by atoms with van der Waals surface area (Å²) in [7, 11) is -4.04. The van der Waals surface area contributed by atoms with E-state index in [9.17, 15) is 8.42 Å². The maximum Gasteiger partial charge on any atom is 0.238 e. The number of nitrogens with zero attached hydrogens (tertiary/aromatic N) is 3. The molecule has 0 spiro atoms. The number of nitrogen functional groups attached to an aromatic ring is 1. The van der Waals surface area contributed by atoms with E-state index < -0.39 is 16.9 Å². The first-order valence-corrected chi connectivity index (χ1v) is 7.81. The van der Waals surface area contributed by atoms with Crippen LogP contribution in [0.5, 0.6) is 0 Å². The molecule has 0 unspecified atom stereocenters. The van der Waals surface area contributed by atoms with E-state index in [-0.39, 0.29) is 39.0 Å². The Bertz CT molecular complexity index is 1070. The zero-order valence-electron chi connectivity index (χ0n) is 14.6. The molecule has 0 saturated heterocycles. The van der Waals surface area contributed by atoms with E-state index in [1.807, 2.05) is 0 Å². The predicted octanol–water partition coefficient (Wildman–Crippen LogP) is 1.34. The van der Waals surface area contributed by atoms with Crippen molar-refractivity contribution in [3.05, 3.63) is 42.5 Å². The highest BCUT2D eigenvalue weighted by molar-refractivity contribution is 7.89. The van der Waals surface area contributed by atoms with Crippen LogP contribution in [0.3, 0.4) is 0 Å². The van der Waals surface area contributed by atoms with Gasteiger partial charge in [-0.1, -0.05) is 6.07 Å². The van der Waals surface area contributed by atoms with Crippen LogP contribution in [0.2, 0.25) is 0 Å². The summed E-state index contributed by atoms with van der Waals surface area (Å²) in [5, 5.41) is 5.15. The van der Waals surface area contributed by atoms with Gasteiger partial charge < -0.3 is 10.2 Å². The van der Waals surface area contributed by atoms with Crippen LogP contribution in [-0.4, -0.2) is 23.4 Å². The summed E-state index contributed by atoms with van der Waals surface area (Å²) in [5.74, 6) is 0.276. The molecule has 0 aliphatic heterocycles. The van der Waals surface area contributed by atoms with E-state index in [4.69, 9.17) is 19.4 Å². The molecule has 2 aromatic heterocycles. The van der Waals surface area contributed by atoms with Crippen LogP contribution in [-0.2, 0) is 10.0 Å². The van der Waals surface area contributed by atoms with Gasteiger partial charge in [-0.2, -0.15) is 0 Å². The smallest absolute Gasteiger partial charge is 0.238 e. The number of anilines is 1. The van der Waals surface area contributed by atoms with Gasteiger partial charge in [0.15, 0.2) is 23.7 Å². The van der Waals surface area contributed by atoms with Gasteiger partial charge in [0, 0.05) is 9.68 Å². The molecule has 118 valence electrons. The highest BCUT2D eigenvalue weighted by Gasteiger charge is 2.15. The number of aryl methyl sites for hydroxylation is 1. The minimum atomic E-state index is -4.04. The molecule has 9 heteroatoms. The molecular formula is C14H13N5O3S. The van der Waals surface area contributed by atoms with E-state index >= 15 is 0 Å². The summed E-state index contributed by atoms with van der Waals surface area (Å²) in [6.45, 7) is -2.51. The van der Waals surface area contributed by atoms with Gasteiger partial charge in [0.25, 0.3) is 0 Å². The number of benzene rings is 1. The van der Waals surface area contributed by atoms with Crippen molar-refractivity contribution in [3.63, 3.8) is 0 Å². The van der Waals surface area contributed by atoms with Gasteiger partial charge in [-0.25, -0.2) is 28.5 Å². The highest BCUT2D eigenvalue weighted by Crippen LogP contribution is 2.28. The second-order valence-corrected chi connectivity index (χ2v) is 6.17. The lowest BCUT2D eigenvalue weighted by atomic mass is 10.1. The summed E-state index contributed by atoms with van der Waals surface area (Å²) >= 11 is 0. The minimum absolute atomic E-state index is 0.0449. The molecular weight excluding hydrogens is 318 g/mol. The number of nitrogens with two attached hydrogens (primary N) is 2. The first-order valence-electron chi connectivity index (χ1n) is 7.76. The summed E-state index contributed by atoms with van der Waals surface area (Å²) in [6, 6.07) is 3.44. The molecule has 0 fully saturated rings. The minimum Gasteiger partial charge on any atom is -0.442 e. The molecule has 8 nitrogen and oxygen atoms in total.